The van der Waals surface area contributed by atoms with E-state index in [1.54, 1.807) is 32.4 Å². The predicted molar refractivity (Wildman–Crippen MR) is 135 cm³/mol. The molecule has 1 aliphatic heterocycles. The molecule has 8 heteroatoms. The number of cyclic esters (lactones) is 1. The summed E-state index contributed by atoms with van der Waals surface area (Å²) in [6, 6.07) is 8.11. The quantitative estimate of drug-likeness (QED) is 0.331. The molecule has 3 rings (SSSR count). The molecule has 2 atom stereocenters. The van der Waals surface area contributed by atoms with Crippen LogP contribution in [0.15, 0.2) is 36.4 Å². The van der Waals surface area contributed by atoms with E-state index in [0.29, 0.717) is 44.3 Å². The molecule has 0 spiro atoms. The molecular formula is C28H35FO7. The molecule has 1 fully saturated rings. The van der Waals surface area contributed by atoms with E-state index < -0.39 is 18.2 Å². The molecule has 0 saturated carbocycles. The topological polar surface area (TPSA) is 83.5 Å². The van der Waals surface area contributed by atoms with Gasteiger partial charge in [-0.1, -0.05) is 32.1 Å². The Bertz CT molecular complexity index is 1030. The Balaban J connectivity index is 2.05. The minimum Gasteiger partial charge on any atom is -0.492 e. The SMILES string of the molecule is COCCOCCOc1cc(C(C)C)c(C=C[C@H]2C[C@H](O)CC(=O)O2)c(-c2ccc(F)cc2)c1OC. The largest absolute Gasteiger partial charge is 0.492 e. The van der Waals surface area contributed by atoms with E-state index in [9.17, 15) is 14.3 Å². The minimum atomic E-state index is -0.738. The normalized spacial score (nSPS) is 18.0. The Morgan fingerprint density at radius 2 is 1.86 bits per heavy atom. The summed E-state index contributed by atoms with van der Waals surface area (Å²) < 4.78 is 41.6. The first-order valence-corrected chi connectivity index (χ1v) is 12.1. The van der Waals surface area contributed by atoms with Gasteiger partial charge in [0.2, 0.25) is 0 Å². The van der Waals surface area contributed by atoms with E-state index in [4.69, 9.17) is 23.7 Å². The van der Waals surface area contributed by atoms with Crippen molar-refractivity contribution in [1.82, 2.24) is 0 Å². The van der Waals surface area contributed by atoms with E-state index >= 15 is 0 Å². The first-order chi connectivity index (χ1) is 17.3. The van der Waals surface area contributed by atoms with Gasteiger partial charge in [-0.25, -0.2) is 4.39 Å². The molecule has 1 N–H and O–H groups in total. The highest BCUT2D eigenvalue weighted by Gasteiger charge is 2.26. The van der Waals surface area contributed by atoms with Crippen LogP contribution in [-0.2, 0) is 19.0 Å². The van der Waals surface area contributed by atoms with Crippen molar-refractivity contribution in [2.45, 2.75) is 44.8 Å². The van der Waals surface area contributed by atoms with Crippen molar-refractivity contribution in [3.8, 4) is 22.6 Å². The second-order valence-corrected chi connectivity index (χ2v) is 8.88. The van der Waals surface area contributed by atoms with Crippen LogP contribution >= 0.6 is 0 Å². The van der Waals surface area contributed by atoms with Crippen molar-refractivity contribution in [2.75, 3.05) is 40.6 Å². The highest BCUT2D eigenvalue weighted by atomic mass is 19.1. The van der Waals surface area contributed by atoms with Crippen LogP contribution in [-0.4, -0.2) is 63.9 Å². The lowest BCUT2D eigenvalue weighted by Gasteiger charge is -2.25. The minimum absolute atomic E-state index is 0.00252. The third-order valence-electron chi connectivity index (χ3n) is 5.86. The lowest BCUT2D eigenvalue weighted by atomic mass is 9.88. The van der Waals surface area contributed by atoms with Crippen molar-refractivity contribution < 1.29 is 38.0 Å². The zero-order valence-electron chi connectivity index (χ0n) is 21.3. The summed E-state index contributed by atoms with van der Waals surface area (Å²) in [5, 5.41) is 9.99. The van der Waals surface area contributed by atoms with Gasteiger partial charge in [-0.3, -0.25) is 4.79 Å². The summed E-state index contributed by atoms with van der Waals surface area (Å²) in [6.45, 7) is 5.80. The van der Waals surface area contributed by atoms with Crippen molar-refractivity contribution >= 4 is 12.0 Å². The van der Waals surface area contributed by atoms with E-state index in [2.05, 4.69) is 13.8 Å². The van der Waals surface area contributed by atoms with E-state index in [-0.39, 0.29) is 18.2 Å². The summed E-state index contributed by atoms with van der Waals surface area (Å²) in [7, 11) is 3.18. The number of esters is 1. The number of methoxy groups -OCH3 is 2. The van der Waals surface area contributed by atoms with Crippen LogP contribution in [0.5, 0.6) is 11.5 Å². The van der Waals surface area contributed by atoms with Crippen molar-refractivity contribution in [3.63, 3.8) is 0 Å². The average molecular weight is 503 g/mol. The molecule has 1 heterocycles. The van der Waals surface area contributed by atoms with Crippen LogP contribution in [0.1, 0.15) is 43.7 Å². The summed E-state index contributed by atoms with van der Waals surface area (Å²) in [6.07, 6.45) is 2.69. The number of aliphatic hydroxyl groups excluding tert-OH is 1. The van der Waals surface area contributed by atoms with Gasteiger partial charge in [0.1, 0.15) is 18.5 Å². The maximum Gasteiger partial charge on any atom is 0.309 e. The molecule has 7 nitrogen and oxygen atoms in total. The summed E-state index contributed by atoms with van der Waals surface area (Å²) >= 11 is 0. The first-order valence-electron chi connectivity index (χ1n) is 12.1. The van der Waals surface area contributed by atoms with Crippen LogP contribution in [0.25, 0.3) is 17.2 Å². The molecule has 2 aromatic carbocycles. The molecule has 1 aliphatic rings. The van der Waals surface area contributed by atoms with E-state index in [1.807, 2.05) is 12.1 Å². The second kappa shape index (κ2) is 13.4. The number of hydrogen-bond acceptors (Lipinski definition) is 7. The third-order valence-corrected chi connectivity index (χ3v) is 5.86. The molecule has 0 aliphatic carbocycles. The molecular weight excluding hydrogens is 467 g/mol. The number of halogens is 1. The fourth-order valence-corrected chi connectivity index (χ4v) is 4.13. The van der Waals surface area contributed by atoms with Crippen molar-refractivity contribution in [2.24, 2.45) is 0 Å². The van der Waals surface area contributed by atoms with Gasteiger partial charge in [-0.15, -0.1) is 0 Å². The molecule has 2 aromatic rings. The number of aliphatic hydroxyl groups is 1. The molecule has 196 valence electrons. The van der Waals surface area contributed by atoms with E-state index in [0.717, 1.165) is 22.3 Å². The highest BCUT2D eigenvalue weighted by Crippen LogP contribution is 2.45. The number of carbonyl (C=O) groups excluding carboxylic acids is 1. The van der Waals surface area contributed by atoms with Gasteiger partial charge in [0, 0.05) is 19.1 Å². The lowest BCUT2D eigenvalue weighted by Crippen LogP contribution is -2.31. The van der Waals surface area contributed by atoms with Crippen molar-refractivity contribution in [1.29, 1.82) is 0 Å². The van der Waals surface area contributed by atoms with Gasteiger partial charge >= 0.3 is 5.97 Å². The summed E-state index contributed by atoms with van der Waals surface area (Å²) in [4.78, 5) is 11.8. The van der Waals surface area contributed by atoms with Crippen molar-refractivity contribution in [3.05, 3.63) is 53.4 Å². The number of carbonyl (C=O) groups is 1. The molecule has 1 saturated heterocycles. The Labute approximate surface area is 211 Å². The molecule has 0 unspecified atom stereocenters. The molecule has 0 bridgehead atoms. The predicted octanol–water partition coefficient (Wildman–Crippen LogP) is 4.75. The number of benzene rings is 2. The molecule has 0 aromatic heterocycles. The second-order valence-electron chi connectivity index (χ2n) is 8.88. The van der Waals surface area contributed by atoms with Gasteiger partial charge < -0.3 is 28.8 Å². The standard InChI is InChI=1S/C28H35FO7/c1-18(2)24-17-25(35-14-13-34-12-11-32-3)28(33-4)27(19-5-7-20(29)8-6-19)23(24)10-9-22-15-21(30)16-26(31)36-22/h5-10,17-18,21-22,30H,11-16H2,1-4H3/t21-,22-/m0/s1. The molecule has 0 amide bonds. The number of hydrogen-bond donors (Lipinski definition) is 1. The van der Waals surface area contributed by atoms with Crippen LogP contribution in [0.4, 0.5) is 4.39 Å². The van der Waals surface area contributed by atoms with Crippen LogP contribution in [0.2, 0.25) is 0 Å². The Hall–Kier alpha value is -2.94. The fourth-order valence-electron chi connectivity index (χ4n) is 4.13. The zero-order chi connectivity index (χ0) is 26.1. The highest BCUT2D eigenvalue weighted by molar-refractivity contribution is 5.85. The Morgan fingerprint density at radius 3 is 2.50 bits per heavy atom. The Morgan fingerprint density at radius 1 is 1.14 bits per heavy atom. The average Bonchev–Trinajstić information content (AvgIpc) is 2.84. The van der Waals surface area contributed by atoms with Crippen LogP contribution in [0.3, 0.4) is 0 Å². The van der Waals surface area contributed by atoms with Gasteiger partial charge in [0.05, 0.1) is 39.5 Å². The summed E-state index contributed by atoms with van der Waals surface area (Å²) in [5.74, 6) is 0.383. The fraction of sp³-hybridized carbons (Fsp3) is 0.464. The van der Waals surface area contributed by atoms with Gasteiger partial charge in [-0.05, 0) is 46.9 Å². The smallest absolute Gasteiger partial charge is 0.309 e. The van der Waals surface area contributed by atoms with Gasteiger partial charge in [0.25, 0.3) is 0 Å². The maximum absolute atomic E-state index is 13.8. The maximum atomic E-state index is 13.8. The lowest BCUT2D eigenvalue weighted by molar-refractivity contribution is -0.156. The third kappa shape index (κ3) is 7.29. The first kappa shape index (κ1) is 27.6. The summed E-state index contributed by atoms with van der Waals surface area (Å²) in [5.41, 5.74) is 3.30. The van der Waals surface area contributed by atoms with E-state index in [1.165, 1.54) is 12.1 Å². The zero-order valence-corrected chi connectivity index (χ0v) is 21.3. The van der Waals surface area contributed by atoms with Crippen LogP contribution < -0.4 is 9.47 Å². The molecule has 0 radical (unpaired) electrons. The number of rotatable bonds is 12. The Kier molecular flexibility index (Phi) is 10.3. The van der Waals surface area contributed by atoms with Gasteiger partial charge in [-0.2, -0.15) is 0 Å². The number of ether oxygens (including phenoxy) is 5. The van der Waals surface area contributed by atoms with Crippen LogP contribution in [0, 0.1) is 5.82 Å². The molecule has 36 heavy (non-hydrogen) atoms. The van der Waals surface area contributed by atoms with Gasteiger partial charge in [0.15, 0.2) is 11.5 Å². The monoisotopic (exact) mass is 502 g/mol.